The van der Waals surface area contributed by atoms with E-state index in [4.69, 9.17) is 10.3 Å². The summed E-state index contributed by atoms with van der Waals surface area (Å²) < 4.78 is 18.4. The first kappa shape index (κ1) is 13.2. The summed E-state index contributed by atoms with van der Waals surface area (Å²) >= 11 is 0. The maximum atomic E-state index is 13.4. The molecule has 2 aromatic rings. The molecule has 1 aliphatic heterocycles. The zero-order valence-electron chi connectivity index (χ0n) is 11.1. The molecule has 1 atom stereocenters. The van der Waals surface area contributed by atoms with Gasteiger partial charge in [0, 0.05) is 6.04 Å². The summed E-state index contributed by atoms with van der Waals surface area (Å²) in [5.74, 6) is 0.884. The van der Waals surface area contributed by atoms with Crippen LogP contribution in [0.25, 0.3) is 0 Å². The van der Waals surface area contributed by atoms with E-state index in [1.807, 2.05) is 6.07 Å². The van der Waals surface area contributed by atoms with Gasteiger partial charge in [-0.3, -0.25) is 4.90 Å². The molecule has 0 aliphatic carbocycles. The highest BCUT2D eigenvalue weighted by Crippen LogP contribution is 2.32. The van der Waals surface area contributed by atoms with Crippen molar-refractivity contribution in [1.29, 1.82) is 0 Å². The van der Waals surface area contributed by atoms with E-state index in [0.29, 0.717) is 18.3 Å². The monoisotopic (exact) mass is 276 g/mol. The second-order valence-electron chi connectivity index (χ2n) is 4.99. The van der Waals surface area contributed by atoms with Crippen LogP contribution in [0.1, 0.15) is 36.2 Å². The molecule has 0 radical (unpaired) electrons. The van der Waals surface area contributed by atoms with Gasteiger partial charge < -0.3 is 10.3 Å². The Labute approximate surface area is 116 Å². The van der Waals surface area contributed by atoms with E-state index in [0.717, 1.165) is 24.9 Å². The first-order valence-electron chi connectivity index (χ1n) is 6.77. The Morgan fingerprint density at radius 3 is 3.10 bits per heavy atom. The van der Waals surface area contributed by atoms with E-state index in [9.17, 15) is 4.39 Å². The highest BCUT2D eigenvalue weighted by Gasteiger charge is 2.27. The van der Waals surface area contributed by atoms with E-state index < -0.39 is 0 Å². The summed E-state index contributed by atoms with van der Waals surface area (Å²) in [5, 5.41) is 3.91. The molecule has 0 bridgehead atoms. The number of nitrogens with zero attached hydrogens (tertiary/aromatic N) is 3. The molecule has 5 nitrogen and oxygen atoms in total. The Morgan fingerprint density at radius 1 is 1.45 bits per heavy atom. The lowest BCUT2D eigenvalue weighted by Crippen LogP contribution is -2.23. The van der Waals surface area contributed by atoms with Gasteiger partial charge in [0.1, 0.15) is 5.82 Å². The van der Waals surface area contributed by atoms with Crippen molar-refractivity contribution < 1.29 is 8.91 Å². The van der Waals surface area contributed by atoms with E-state index >= 15 is 0 Å². The van der Waals surface area contributed by atoms with Gasteiger partial charge in [-0.1, -0.05) is 17.3 Å². The van der Waals surface area contributed by atoms with Crippen molar-refractivity contribution in [3.05, 3.63) is 47.4 Å². The first-order valence-corrected chi connectivity index (χ1v) is 6.77. The number of likely N-dealkylation sites (tertiary alicyclic amines) is 1. The molecule has 20 heavy (non-hydrogen) atoms. The topological polar surface area (TPSA) is 68.2 Å². The second-order valence-corrected chi connectivity index (χ2v) is 4.99. The molecule has 1 aromatic carbocycles. The van der Waals surface area contributed by atoms with E-state index in [1.54, 1.807) is 12.1 Å². The molecule has 1 aliphatic rings. The maximum Gasteiger partial charge on any atom is 0.240 e. The summed E-state index contributed by atoms with van der Waals surface area (Å²) in [6.07, 6.45) is 2.10. The van der Waals surface area contributed by atoms with Gasteiger partial charge in [0.05, 0.1) is 13.1 Å². The van der Waals surface area contributed by atoms with Crippen molar-refractivity contribution in [2.45, 2.75) is 32.0 Å². The average molecular weight is 276 g/mol. The smallest absolute Gasteiger partial charge is 0.240 e. The predicted molar refractivity (Wildman–Crippen MR) is 71.0 cm³/mol. The SMILES string of the molecule is NCc1nc(CN2CCCC2c2cccc(F)c2)no1. The van der Waals surface area contributed by atoms with Gasteiger partial charge in [0.2, 0.25) is 5.89 Å². The molecule has 2 N–H and O–H groups in total. The van der Waals surface area contributed by atoms with Crippen molar-refractivity contribution in [2.75, 3.05) is 6.54 Å². The molecule has 0 amide bonds. The van der Waals surface area contributed by atoms with E-state index in [2.05, 4.69) is 15.0 Å². The lowest BCUT2D eigenvalue weighted by molar-refractivity contribution is 0.237. The molecular weight excluding hydrogens is 259 g/mol. The zero-order chi connectivity index (χ0) is 13.9. The molecule has 106 valence electrons. The van der Waals surface area contributed by atoms with Crippen LogP contribution in [0.3, 0.4) is 0 Å². The summed E-state index contributed by atoms with van der Waals surface area (Å²) in [5.41, 5.74) is 6.46. The van der Waals surface area contributed by atoms with Crippen molar-refractivity contribution in [2.24, 2.45) is 5.73 Å². The third-order valence-electron chi connectivity index (χ3n) is 3.63. The Hall–Kier alpha value is -1.79. The van der Waals surface area contributed by atoms with Gasteiger partial charge in [-0.25, -0.2) is 4.39 Å². The summed E-state index contributed by atoms with van der Waals surface area (Å²) in [6.45, 7) is 1.80. The van der Waals surface area contributed by atoms with Gasteiger partial charge in [-0.2, -0.15) is 4.98 Å². The lowest BCUT2D eigenvalue weighted by atomic mass is 10.0. The first-order chi connectivity index (χ1) is 9.76. The molecule has 0 saturated carbocycles. The molecular formula is C14H17FN4O. The lowest BCUT2D eigenvalue weighted by Gasteiger charge is -2.23. The van der Waals surface area contributed by atoms with Crippen LogP contribution >= 0.6 is 0 Å². The number of rotatable bonds is 4. The van der Waals surface area contributed by atoms with Crippen LogP contribution in [0.4, 0.5) is 4.39 Å². The van der Waals surface area contributed by atoms with Crippen LogP contribution in [0, 0.1) is 5.82 Å². The van der Waals surface area contributed by atoms with Gasteiger partial charge in [-0.05, 0) is 37.1 Å². The average Bonchev–Trinajstić information content (AvgIpc) is 3.08. The maximum absolute atomic E-state index is 13.4. The number of hydrogen-bond acceptors (Lipinski definition) is 5. The molecule has 1 unspecified atom stereocenters. The summed E-state index contributed by atoms with van der Waals surface area (Å²) in [6, 6.07) is 7.00. The Kier molecular flexibility index (Phi) is 3.75. The van der Waals surface area contributed by atoms with Crippen LogP contribution in [0.2, 0.25) is 0 Å². The van der Waals surface area contributed by atoms with E-state index in [-0.39, 0.29) is 18.4 Å². The molecule has 0 spiro atoms. The van der Waals surface area contributed by atoms with Crippen molar-refractivity contribution >= 4 is 0 Å². The van der Waals surface area contributed by atoms with Crippen LogP contribution < -0.4 is 5.73 Å². The van der Waals surface area contributed by atoms with Crippen molar-refractivity contribution in [1.82, 2.24) is 15.0 Å². The third-order valence-corrected chi connectivity index (χ3v) is 3.63. The molecule has 3 rings (SSSR count). The fraction of sp³-hybridized carbons (Fsp3) is 0.429. The third kappa shape index (κ3) is 2.71. The van der Waals surface area contributed by atoms with Crippen LogP contribution in [0.5, 0.6) is 0 Å². The molecule has 1 saturated heterocycles. The highest BCUT2D eigenvalue weighted by molar-refractivity contribution is 5.21. The standard InChI is InChI=1S/C14H17FN4O/c15-11-4-1-3-10(7-11)12-5-2-6-19(12)9-13-17-14(8-16)20-18-13/h1,3-4,7,12H,2,5-6,8-9,16H2. The summed E-state index contributed by atoms with van der Waals surface area (Å²) in [7, 11) is 0. The Bertz CT molecular complexity index is 586. The Morgan fingerprint density at radius 2 is 2.35 bits per heavy atom. The minimum absolute atomic E-state index is 0.195. The van der Waals surface area contributed by atoms with Gasteiger partial charge >= 0.3 is 0 Å². The molecule has 2 heterocycles. The predicted octanol–water partition coefficient (Wildman–Crippen LogP) is 2.00. The summed E-state index contributed by atoms with van der Waals surface area (Å²) in [4.78, 5) is 6.47. The second kappa shape index (κ2) is 5.68. The van der Waals surface area contributed by atoms with Crippen molar-refractivity contribution in [3.8, 4) is 0 Å². The van der Waals surface area contributed by atoms with Gasteiger partial charge in [-0.15, -0.1) is 0 Å². The van der Waals surface area contributed by atoms with Gasteiger partial charge in [0.15, 0.2) is 5.82 Å². The highest BCUT2D eigenvalue weighted by atomic mass is 19.1. The number of benzene rings is 1. The number of halogens is 1. The quantitative estimate of drug-likeness (QED) is 0.925. The van der Waals surface area contributed by atoms with Crippen molar-refractivity contribution in [3.63, 3.8) is 0 Å². The number of hydrogen-bond donors (Lipinski definition) is 1. The molecule has 6 heteroatoms. The van der Waals surface area contributed by atoms with Crippen LogP contribution in [0.15, 0.2) is 28.8 Å². The number of aromatic nitrogens is 2. The van der Waals surface area contributed by atoms with Crippen LogP contribution in [-0.2, 0) is 13.1 Å². The van der Waals surface area contributed by atoms with E-state index in [1.165, 1.54) is 6.07 Å². The minimum atomic E-state index is -0.195. The largest absolute Gasteiger partial charge is 0.338 e. The van der Waals surface area contributed by atoms with Crippen LogP contribution in [-0.4, -0.2) is 21.6 Å². The van der Waals surface area contributed by atoms with Gasteiger partial charge in [0.25, 0.3) is 0 Å². The fourth-order valence-corrected chi connectivity index (χ4v) is 2.73. The minimum Gasteiger partial charge on any atom is -0.338 e. The normalized spacial score (nSPS) is 19.6. The molecule has 1 fully saturated rings. The Balaban J connectivity index is 1.75. The fourth-order valence-electron chi connectivity index (χ4n) is 2.73. The number of nitrogens with two attached hydrogens (primary N) is 1. The zero-order valence-corrected chi connectivity index (χ0v) is 11.1. The molecule has 1 aromatic heterocycles.